The molecule has 0 aromatic heterocycles. The minimum atomic E-state index is 0.220. The smallest absolute Gasteiger partial charge is 0.0446 e. The highest BCUT2D eigenvalue weighted by Crippen LogP contribution is 2.21. The molecule has 0 aromatic rings. The summed E-state index contributed by atoms with van der Waals surface area (Å²) in [6, 6.07) is 1.03. The Bertz CT molecular complexity index is 183. The van der Waals surface area contributed by atoms with Crippen molar-refractivity contribution < 1.29 is 5.11 Å². The highest BCUT2D eigenvalue weighted by Gasteiger charge is 2.24. The SMILES string of the molecule is CC(C)(C)C(CCO)NCC1CCCCN1. The molecule has 1 aliphatic rings. The van der Waals surface area contributed by atoms with Gasteiger partial charge < -0.3 is 15.7 Å². The van der Waals surface area contributed by atoms with Crippen molar-refractivity contribution in [2.24, 2.45) is 5.41 Å². The lowest BCUT2D eigenvalue weighted by atomic mass is 9.84. The average Bonchev–Trinajstić information content (AvgIpc) is 2.24. The Morgan fingerprint density at radius 2 is 2.12 bits per heavy atom. The monoisotopic (exact) mass is 228 g/mol. The van der Waals surface area contributed by atoms with E-state index in [9.17, 15) is 0 Å². The minimum Gasteiger partial charge on any atom is -0.396 e. The number of aliphatic hydroxyl groups excluding tert-OH is 1. The van der Waals surface area contributed by atoms with E-state index in [-0.39, 0.29) is 12.0 Å². The Labute approximate surface area is 100 Å². The van der Waals surface area contributed by atoms with E-state index in [0.717, 1.165) is 19.5 Å². The summed E-state index contributed by atoms with van der Waals surface area (Å²) < 4.78 is 0. The first-order chi connectivity index (χ1) is 7.54. The van der Waals surface area contributed by atoms with Gasteiger partial charge in [-0.3, -0.25) is 0 Å². The van der Waals surface area contributed by atoms with E-state index >= 15 is 0 Å². The van der Waals surface area contributed by atoms with Gasteiger partial charge in [0.15, 0.2) is 0 Å². The molecule has 16 heavy (non-hydrogen) atoms. The summed E-state index contributed by atoms with van der Waals surface area (Å²) in [5.74, 6) is 0. The van der Waals surface area contributed by atoms with Gasteiger partial charge in [-0.1, -0.05) is 27.2 Å². The van der Waals surface area contributed by atoms with Crippen molar-refractivity contribution >= 4 is 0 Å². The zero-order valence-corrected chi connectivity index (χ0v) is 11.1. The maximum absolute atomic E-state index is 9.08. The molecule has 3 nitrogen and oxygen atoms in total. The standard InChI is InChI=1S/C13H28N2O/c1-13(2,3)12(7-9-16)15-10-11-6-4-5-8-14-11/h11-12,14-16H,4-10H2,1-3H3. The topological polar surface area (TPSA) is 44.3 Å². The van der Waals surface area contributed by atoms with Crippen LogP contribution in [0.2, 0.25) is 0 Å². The summed E-state index contributed by atoms with van der Waals surface area (Å²) in [5, 5.41) is 16.2. The number of rotatable bonds is 5. The normalized spacial score (nSPS) is 24.4. The Morgan fingerprint density at radius 1 is 1.38 bits per heavy atom. The van der Waals surface area contributed by atoms with Gasteiger partial charge in [0.05, 0.1) is 0 Å². The molecule has 1 saturated heterocycles. The quantitative estimate of drug-likeness (QED) is 0.668. The van der Waals surface area contributed by atoms with Gasteiger partial charge in [0, 0.05) is 25.2 Å². The van der Waals surface area contributed by atoms with Crippen molar-refractivity contribution in [2.75, 3.05) is 19.7 Å². The largest absolute Gasteiger partial charge is 0.396 e. The summed E-state index contributed by atoms with van der Waals surface area (Å²) in [6.45, 7) is 9.15. The summed E-state index contributed by atoms with van der Waals surface area (Å²) in [4.78, 5) is 0. The average molecular weight is 228 g/mol. The molecule has 3 heteroatoms. The molecule has 1 rings (SSSR count). The molecule has 0 amide bonds. The molecule has 1 fully saturated rings. The molecule has 0 spiro atoms. The fourth-order valence-corrected chi connectivity index (χ4v) is 2.35. The van der Waals surface area contributed by atoms with Crippen LogP contribution in [-0.4, -0.2) is 36.9 Å². The zero-order valence-electron chi connectivity index (χ0n) is 11.1. The fraction of sp³-hybridized carbons (Fsp3) is 1.00. The maximum Gasteiger partial charge on any atom is 0.0446 e. The Balaban J connectivity index is 2.31. The third kappa shape index (κ3) is 4.81. The highest BCUT2D eigenvalue weighted by molar-refractivity contribution is 4.83. The van der Waals surface area contributed by atoms with Gasteiger partial charge in [-0.2, -0.15) is 0 Å². The minimum absolute atomic E-state index is 0.220. The van der Waals surface area contributed by atoms with Crippen molar-refractivity contribution in [1.82, 2.24) is 10.6 Å². The van der Waals surface area contributed by atoms with Crippen LogP contribution >= 0.6 is 0 Å². The second-order valence-corrected chi connectivity index (χ2v) is 5.99. The molecule has 0 radical (unpaired) electrons. The molecule has 0 aliphatic carbocycles. The van der Waals surface area contributed by atoms with Crippen LogP contribution in [0.1, 0.15) is 46.5 Å². The Kier molecular flexibility index (Phi) is 5.73. The second kappa shape index (κ2) is 6.58. The van der Waals surface area contributed by atoms with E-state index in [2.05, 4.69) is 31.4 Å². The molecule has 1 aliphatic heterocycles. The number of nitrogens with one attached hydrogen (secondary N) is 2. The van der Waals surface area contributed by atoms with Crippen molar-refractivity contribution in [3.05, 3.63) is 0 Å². The molecule has 3 N–H and O–H groups in total. The lowest BCUT2D eigenvalue weighted by Crippen LogP contribution is -2.48. The maximum atomic E-state index is 9.08. The van der Waals surface area contributed by atoms with Crippen LogP contribution in [0.25, 0.3) is 0 Å². The molecular formula is C13H28N2O. The van der Waals surface area contributed by atoms with Gasteiger partial charge in [0.2, 0.25) is 0 Å². The molecule has 0 bridgehead atoms. The van der Waals surface area contributed by atoms with Gasteiger partial charge in [-0.15, -0.1) is 0 Å². The summed E-state index contributed by atoms with van der Waals surface area (Å²) in [7, 11) is 0. The third-order valence-corrected chi connectivity index (χ3v) is 3.49. The van der Waals surface area contributed by atoms with Crippen LogP contribution in [0.5, 0.6) is 0 Å². The molecule has 2 atom stereocenters. The first-order valence-corrected chi connectivity index (χ1v) is 6.61. The van der Waals surface area contributed by atoms with Crippen molar-refractivity contribution in [1.29, 1.82) is 0 Å². The fourth-order valence-electron chi connectivity index (χ4n) is 2.35. The number of hydrogen-bond donors (Lipinski definition) is 3. The van der Waals surface area contributed by atoms with Crippen LogP contribution in [0.3, 0.4) is 0 Å². The Hall–Kier alpha value is -0.120. The number of hydrogen-bond acceptors (Lipinski definition) is 3. The van der Waals surface area contributed by atoms with Gasteiger partial charge in [0.1, 0.15) is 0 Å². The predicted octanol–water partition coefficient (Wildman–Crippen LogP) is 1.52. The van der Waals surface area contributed by atoms with E-state index in [0.29, 0.717) is 12.1 Å². The zero-order chi connectivity index (χ0) is 12.0. The molecule has 96 valence electrons. The van der Waals surface area contributed by atoms with Crippen LogP contribution < -0.4 is 10.6 Å². The van der Waals surface area contributed by atoms with Crippen molar-refractivity contribution in [3.63, 3.8) is 0 Å². The van der Waals surface area contributed by atoms with Gasteiger partial charge in [0.25, 0.3) is 0 Å². The van der Waals surface area contributed by atoms with E-state index in [1.54, 1.807) is 0 Å². The second-order valence-electron chi connectivity index (χ2n) is 5.99. The summed E-state index contributed by atoms with van der Waals surface area (Å²) in [5.41, 5.74) is 0.220. The first kappa shape index (κ1) is 13.9. The summed E-state index contributed by atoms with van der Waals surface area (Å²) >= 11 is 0. The molecular weight excluding hydrogens is 200 g/mol. The number of piperidine rings is 1. The Morgan fingerprint density at radius 3 is 2.62 bits per heavy atom. The molecule has 0 saturated carbocycles. The first-order valence-electron chi connectivity index (χ1n) is 6.61. The third-order valence-electron chi connectivity index (χ3n) is 3.49. The van der Waals surface area contributed by atoms with E-state index < -0.39 is 0 Å². The van der Waals surface area contributed by atoms with Crippen LogP contribution in [-0.2, 0) is 0 Å². The lowest BCUT2D eigenvalue weighted by molar-refractivity contribution is 0.191. The van der Waals surface area contributed by atoms with Crippen LogP contribution in [0, 0.1) is 5.41 Å². The summed E-state index contributed by atoms with van der Waals surface area (Å²) in [6.07, 6.45) is 4.79. The highest BCUT2D eigenvalue weighted by atomic mass is 16.3. The van der Waals surface area contributed by atoms with Crippen molar-refractivity contribution in [3.8, 4) is 0 Å². The molecule has 2 unspecified atom stereocenters. The van der Waals surface area contributed by atoms with Gasteiger partial charge in [-0.25, -0.2) is 0 Å². The van der Waals surface area contributed by atoms with E-state index in [1.165, 1.54) is 19.3 Å². The molecule has 0 aromatic carbocycles. The molecule has 1 heterocycles. The lowest BCUT2D eigenvalue weighted by Gasteiger charge is -2.33. The predicted molar refractivity (Wildman–Crippen MR) is 68.6 cm³/mol. The van der Waals surface area contributed by atoms with E-state index in [1.807, 2.05) is 0 Å². The van der Waals surface area contributed by atoms with E-state index in [4.69, 9.17) is 5.11 Å². The van der Waals surface area contributed by atoms with Gasteiger partial charge >= 0.3 is 0 Å². The van der Waals surface area contributed by atoms with Crippen LogP contribution in [0.4, 0.5) is 0 Å². The van der Waals surface area contributed by atoms with Gasteiger partial charge in [-0.05, 0) is 31.2 Å². The van der Waals surface area contributed by atoms with Crippen molar-refractivity contribution in [2.45, 2.75) is 58.5 Å². The van der Waals surface area contributed by atoms with Crippen LogP contribution in [0.15, 0.2) is 0 Å². The number of aliphatic hydroxyl groups is 1.